The third-order valence-corrected chi connectivity index (χ3v) is 6.91. The number of nitrogens with two attached hydrogens (primary N) is 1. The van der Waals surface area contributed by atoms with Crippen LogP contribution in [0.5, 0.6) is 17.2 Å². The number of imide groups is 1. The summed E-state index contributed by atoms with van der Waals surface area (Å²) in [6.45, 7) is 0. The molecule has 0 unspecified atom stereocenters. The van der Waals surface area contributed by atoms with Crippen LogP contribution in [0.4, 0.5) is 11.5 Å². The second-order valence-electron chi connectivity index (χ2n) is 7.78. The summed E-state index contributed by atoms with van der Waals surface area (Å²) in [7, 11) is 4.35. The van der Waals surface area contributed by atoms with E-state index in [4.69, 9.17) is 19.9 Å². The SMILES string of the molecule is COc1cc(-c2c(C#N)c(N)nc(S[C@@H]3CC(=O)N(c4ccccc4)C3=O)c2C#N)cc(OC)c1OC. The number of methoxy groups -OCH3 is 3. The first-order chi connectivity index (χ1) is 17.9. The van der Waals surface area contributed by atoms with Gasteiger partial charge in [-0.05, 0) is 29.8 Å². The molecule has 4 rings (SSSR count). The normalized spacial score (nSPS) is 14.7. The molecule has 3 aromatic rings. The zero-order valence-electron chi connectivity index (χ0n) is 20.1. The molecule has 1 atom stereocenters. The topological polar surface area (TPSA) is 152 Å². The molecule has 1 fully saturated rings. The van der Waals surface area contributed by atoms with Crippen LogP contribution in [0.3, 0.4) is 0 Å². The summed E-state index contributed by atoms with van der Waals surface area (Å²) < 4.78 is 16.2. The molecule has 186 valence electrons. The average Bonchev–Trinajstić information content (AvgIpc) is 3.19. The fourth-order valence-electron chi connectivity index (χ4n) is 4.08. The van der Waals surface area contributed by atoms with Gasteiger partial charge in [-0.1, -0.05) is 30.0 Å². The predicted molar refractivity (Wildman–Crippen MR) is 136 cm³/mol. The van der Waals surface area contributed by atoms with Crippen molar-refractivity contribution in [1.82, 2.24) is 4.98 Å². The van der Waals surface area contributed by atoms with Gasteiger partial charge in [0.25, 0.3) is 0 Å². The van der Waals surface area contributed by atoms with Crippen molar-refractivity contribution in [2.45, 2.75) is 16.7 Å². The molecule has 2 N–H and O–H groups in total. The van der Waals surface area contributed by atoms with Crippen molar-refractivity contribution < 1.29 is 23.8 Å². The first-order valence-electron chi connectivity index (χ1n) is 10.9. The highest BCUT2D eigenvalue weighted by Crippen LogP contribution is 2.45. The Morgan fingerprint density at radius 3 is 2.16 bits per heavy atom. The van der Waals surface area contributed by atoms with Crippen LogP contribution in [-0.2, 0) is 9.59 Å². The number of ether oxygens (including phenoxy) is 3. The summed E-state index contributed by atoms with van der Waals surface area (Å²) in [5, 5.41) is 19.3. The molecule has 37 heavy (non-hydrogen) atoms. The van der Waals surface area contributed by atoms with E-state index in [9.17, 15) is 20.1 Å². The number of pyridine rings is 1. The van der Waals surface area contributed by atoms with Crippen molar-refractivity contribution in [2.75, 3.05) is 32.0 Å². The van der Waals surface area contributed by atoms with Crippen molar-refractivity contribution in [3.8, 4) is 40.5 Å². The number of amides is 2. The van der Waals surface area contributed by atoms with Crippen molar-refractivity contribution in [1.29, 1.82) is 10.5 Å². The number of anilines is 2. The van der Waals surface area contributed by atoms with Crippen molar-refractivity contribution in [2.24, 2.45) is 0 Å². The molecule has 1 aliphatic rings. The third-order valence-electron chi connectivity index (χ3n) is 5.74. The number of nitriles is 2. The first-order valence-corrected chi connectivity index (χ1v) is 11.8. The monoisotopic (exact) mass is 515 g/mol. The van der Waals surface area contributed by atoms with Crippen LogP contribution in [0, 0.1) is 22.7 Å². The van der Waals surface area contributed by atoms with Crippen LogP contribution in [-0.4, -0.2) is 43.4 Å². The molecule has 1 aromatic heterocycles. The molecule has 0 saturated carbocycles. The van der Waals surface area contributed by atoms with Crippen molar-refractivity contribution in [3.05, 3.63) is 53.6 Å². The van der Waals surface area contributed by atoms with Crippen LogP contribution >= 0.6 is 11.8 Å². The zero-order chi connectivity index (χ0) is 26.7. The molecule has 0 spiro atoms. The van der Waals surface area contributed by atoms with Crippen LogP contribution in [0.1, 0.15) is 17.5 Å². The Morgan fingerprint density at radius 2 is 1.62 bits per heavy atom. The quantitative estimate of drug-likeness (QED) is 0.463. The van der Waals surface area contributed by atoms with Crippen LogP contribution in [0.25, 0.3) is 11.1 Å². The van der Waals surface area contributed by atoms with Gasteiger partial charge in [0, 0.05) is 12.0 Å². The lowest BCUT2D eigenvalue weighted by Gasteiger charge is -2.18. The molecule has 11 heteroatoms. The molecule has 10 nitrogen and oxygen atoms in total. The number of para-hydroxylation sites is 1. The van der Waals surface area contributed by atoms with E-state index in [0.717, 1.165) is 16.7 Å². The second kappa shape index (κ2) is 10.5. The zero-order valence-corrected chi connectivity index (χ0v) is 21.0. The van der Waals surface area contributed by atoms with Crippen molar-refractivity contribution >= 4 is 35.1 Å². The van der Waals surface area contributed by atoms with Gasteiger partial charge in [-0.2, -0.15) is 10.5 Å². The Bertz CT molecular complexity index is 1450. The summed E-state index contributed by atoms with van der Waals surface area (Å²) in [5.41, 5.74) is 7.22. The molecule has 0 radical (unpaired) electrons. The summed E-state index contributed by atoms with van der Waals surface area (Å²) in [4.78, 5) is 31.2. The van der Waals surface area contributed by atoms with E-state index < -0.39 is 11.2 Å². The van der Waals surface area contributed by atoms with E-state index in [1.165, 1.54) is 21.3 Å². The minimum atomic E-state index is -0.826. The molecule has 1 aliphatic heterocycles. The highest BCUT2D eigenvalue weighted by molar-refractivity contribution is 8.00. The molecule has 2 amide bonds. The molecular weight excluding hydrogens is 494 g/mol. The number of rotatable bonds is 7. The Kier molecular flexibility index (Phi) is 7.18. The summed E-state index contributed by atoms with van der Waals surface area (Å²) in [6.07, 6.45) is -0.0790. The lowest BCUT2D eigenvalue weighted by atomic mass is 9.96. The lowest BCUT2D eigenvalue weighted by molar-refractivity contribution is -0.121. The van der Waals surface area contributed by atoms with E-state index in [0.29, 0.717) is 28.5 Å². The Morgan fingerprint density at radius 1 is 1.00 bits per heavy atom. The number of nitrogen functional groups attached to an aromatic ring is 1. The van der Waals surface area contributed by atoms with Gasteiger partial charge in [-0.25, -0.2) is 9.88 Å². The van der Waals surface area contributed by atoms with Gasteiger partial charge >= 0.3 is 0 Å². The second-order valence-corrected chi connectivity index (χ2v) is 8.97. The van der Waals surface area contributed by atoms with Crippen LogP contribution in [0.15, 0.2) is 47.5 Å². The van der Waals surface area contributed by atoms with Gasteiger partial charge in [0.2, 0.25) is 17.6 Å². The number of hydrogen-bond donors (Lipinski definition) is 1. The maximum Gasteiger partial charge on any atom is 0.247 e. The largest absolute Gasteiger partial charge is 0.493 e. The molecule has 0 aliphatic carbocycles. The lowest BCUT2D eigenvalue weighted by Crippen LogP contribution is -2.31. The fourth-order valence-corrected chi connectivity index (χ4v) is 5.19. The van der Waals surface area contributed by atoms with E-state index in [1.807, 2.05) is 6.07 Å². The summed E-state index contributed by atoms with van der Waals surface area (Å²) in [5.74, 6) is 0.0410. The predicted octanol–water partition coefficient (Wildman–Crippen LogP) is 3.52. The highest BCUT2D eigenvalue weighted by Gasteiger charge is 2.41. The van der Waals surface area contributed by atoms with E-state index in [-0.39, 0.29) is 39.9 Å². The van der Waals surface area contributed by atoms with Gasteiger partial charge in [0.05, 0.1) is 37.8 Å². The Balaban J connectivity index is 1.83. The van der Waals surface area contributed by atoms with E-state index in [1.54, 1.807) is 42.5 Å². The van der Waals surface area contributed by atoms with Crippen LogP contribution in [0.2, 0.25) is 0 Å². The number of carbonyl (C=O) groups is 2. The van der Waals surface area contributed by atoms with Gasteiger partial charge in [-0.3, -0.25) is 9.59 Å². The molecule has 2 heterocycles. The van der Waals surface area contributed by atoms with Gasteiger partial charge < -0.3 is 19.9 Å². The van der Waals surface area contributed by atoms with Crippen molar-refractivity contribution in [3.63, 3.8) is 0 Å². The minimum absolute atomic E-state index is 0.0186. The number of nitrogens with zero attached hydrogens (tertiary/aromatic N) is 4. The minimum Gasteiger partial charge on any atom is -0.493 e. The molecule has 1 saturated heterocycles. The Hall–Kier alpha value is -4.74. The van der Waals surface area contributed by atoms with Gasteiger partial charge in [0.1, 0.15) is 28.5 Å². The molecule has 2 aromatic carbocycles. The molecular formula is C26H21N5O5S. The summed E-state index contributed by atoms with van der Waals surface area (Å²) in [6, 6.07) is 15.9. The first kappa shape index (κ1) is 25.4. The number of thioether (sulfide) groups is 1. The third kappa shape index (κ3) is 4.48. The maximum absolute atomic E-state index is 13.2. The number of hydrogen-bond acceptors (Lipinski definition) is 10. The van der Waals surface area contributed by atoms with Gasteiger partial charge in [0.15, 0.2) is 11.5 Å². The fraction of sp³-hybridized carbons (Fsp3) is 0.192. The number of benzene rings is 2. The number of aromatic nitrogens is 1. The average molecular weight is 516 g/mol. The molecule has 0 bridgehead atoms. The van der Waals surface area contributed by atoms with E-state index in [2.05, 4.69) is 11.1 Å². The number of carbonyl (C=O) groups excluding carboxylic acids is 2. The van der Waals surface area contributed by atoms with Crippen LogP contribution < -0.4 is 24.8 Å². The Labute approximate surface area is 217 Å². The maximum atomic E-state index is 13.2. The highest BCUT2D eigenvalue weighted by atomic mass is 32.2. The van der Waals surface area contributed by atoms with E-state index >= 15 is 0 Å². The standard InChI is InChI=1S/C26H21N5O5S/c1-34-18-9-14(10-19(35-2)23(18)36-3)22-16(12-27)24(29)30-25(17(22)13-28)37-20-11-21(32)31(26(20)33)15-7-5-4-6-8-15/h4-10,20H,11H2,1-3H3,(H2,29,30)/t20-/m1/s1. The van der Waals surface area contributed by atoms with Gasteiger partial charge in [-0.15, -0.1) is 0 Å². The smallest absolute Gasteiger partial charge is 0.247 e. The summed E-state index contributed by atoms with van der Waals surface area (Å²) >= 11 is 0.960.